The van der Waals surface area contributed by atoms with Crippen molar-refractivity contribution in [2.75, 3.05) is 0 Å². The lowest BCUT2D eigenvalue weighted by atomic mass is 10.1. The van der Waals surface area contributed by atoms with Gasteiger partial charge in [-0.15, -0.1) is 0 Å². The van der Waals surface area contributed by atoms with Crippen molar-refractivity contribution >= 4 is 11.6 Å². The molecule has 0 spiro atoms. The molecule has 1 atom stereocenters. The summed E-state index contributed by atoms with van der Waals surface area (Å²) >= 11 is 5.74. The Balaban J connectivity index is 2.69. The van der Waals surface area contributed by atoms with Crippen LogP contribution in [0.5, 0.6) is 0 Å². The van der Waals surface area contributed by atoms with Crippen LogP contribution < -0.4 is 0 Å². The van der Waals surface area contributed by atoms with Gasteiger partial charge in [-0.2, -0.15) is 13.2 Å². The van der Waals surface area contributed by atoms with E-state index in [0.717, 1.165) is 0 Å². The number of alkyl halides is 3. The Morgan fingerprint density at radius 3 is 2.10 bits per heavy atom. The fraction of sp³-hybridized carbons (Fsp3) is 0.571. The van der Waals surface area contributed by atoms with Gasteiger partial charge in [0.15, 0.2) is 0 Å². The van der Waals surface area contributed by atoms with E-state index < -0.39 is 24.3 Å². The molecule has 20 heavy (non-hydrogen) atoms. The standard InChI is InChI=1S/C14H18ClF3O2/c1-13(2,3)20-19-12(9-14(16,17)18)8-10-4-6-11(15)7-5-10/h4-7,12H,8-9H2,1-3H3. The van der Waals surface area contributed by atoms with Crippen LogP contribution in [0, 0.1) is 0 Å². The molecule has 6 heteroatoms. The average molecular weight is 311 g/mol. The SMILES string of the molecule is CC(C)(C)OOC(Cc1ccc(Cl)cc1)CC(F)(F)F. The van der Waals surface area contributed by atoms with Gasteiger partial charge in [0, 0.05) is 11.4 Å². The summed E-state index contributed by atoms with van der Waals surface area (Å²) in [6.45, 7) is 5.12. The maximum atomic E-state index is 12.5. The van der Waals surface area contributed by atoms with E-state index in [1.165, 1.54) is 0 Å². The Kier molecular flexibility index (Phi) is 5.86. The highest BCUT2D eigenvalue weighted by molar-refractivity contribution is 6.30. The van der Waals surface area contributed by atoms with Gasteiger partial charge in [0.2, 0.25) is 0 Å². The van der Waals surface area contributed by atoms with Crippen LogP contribution in [-0.2, 0) is 16.2 Å². The molecule has 1 rings (SSSR count). The van der Waals surface area contributed by atoms with E-state index in [1.807, 2.05) is 0 Å². The first kappa shape index (κ1) is 17.3. The summed E-state index contributed by atoms with van der Waals surface area (Å²) in [5.74, 6) is 0. The van der Waals surface area contributed by atoms with Crippen molar-refractivity contribution < 1.29 is 22.9 Å². The molecule has 0 amide bonds. The molecule has 0 N–H and O–H groups in total. The van der Waals surface area contributed by atoms with E-state index in [1.54, 1.807) is 45.0 Å². The van der Waals surface area contributed by atoms with Crippen molar-refractivity contribution in [3.05, 3.63) is 34.9 Å². The lowest BCUT2D eigenvalue weighted by Gasteiger charge is -2.24. The van der Waals surface area contributed by atoms with Gasteiger partial charge in [0.05, 0.1) is 12.0 Å². The Labute approximate surface area is 121 Å². The normalized spacial score (nSPS) is 14.3. The topological polar surface area (TPSA) is 18.5 Å². The number of halogens is 4. The molecule has 1 unspecified atom stereocenters. The molecule has 1 aromatic rings. The molecular weight excluding hydrogens is 293 g/mol. The molecule has 0 saturated carbocycles. The van der Waals surface area contributed by atoms with E-state index in [9.17, 15) is 13.2 Å². The first-order chi connectivity index (χ1) is 9.05. The third-order valence-electron chi connectivity index (χ3n) is 2.27. The van der Waals surface area contributed by atoms with Crippen LogP contribution in [0.2, 0.25) is 5.02 Å². The number of hydrogen-bond donors (Lipinski definition) is 0. The van der Waals surface area contributed by atoms with Gasteiger partial charge >= 0.3 is 6.18 Å². The van der Waals surface area contributed by atoms with Gasteiger partial charge in [0.25, 0.3) is 0 Å². The summed E-state index contributed by atoms with van der Waals surface area (Å²) in [4.78, 5) is 9.97. The van der Waals surface area contributed by atoms with Crippen molar-refractivity contribution in [2.24, 2.45) is 0 Å². The predicted molar refractivity (Wildman–Crippen MR) is 71.5 cm³/mol. The molecule has 0 aliphatic carbocycles. The molecule has 0 saturated heterocycles. The molecule has 0 aromatic heterocycles. The number of benzene rings is 1. The fourth-order valence-electron chi connectivity index (χ4n) is 1.49. The monoisotopic (exact) mass is 310 g/mol. The Morgan fingerprint density at radius 1 is 1.10 bits per heavy atom. The summed E-state index contributed by atoms with van der Waals surface area (Å²) in [5, 5.41) is 0.535. The third kappa shape index (κ3) is 7.72. The Morgan fingerprint density at radius 2 is 1.65 bits per heavy atom. The summed E-state index contributed by atoms with van der Waals surface area (Å²) in [6, 6.07) is 6.61. The lowest BCUT2D eigenvalue weighted by molar-refractivity contribution is -0.381. The minimum Gasteiger partial charge on any atom is -0.232 e. The van der Waals surface area contributed by atoms with E-state index in [0.29, 0.717) is 10.6 Å². The van der Waals surface area contributed by atoms with E-state index in [4.69, 9.17) is 21.4 Å². The van der Waals surface area contributed by atoms with Crippen molar-refractivity contribution in [2.45, 2.75) is 51.5 Å². The highest BCUT2D eigenvalue weighted by Crippen LogP contribution is 2.26. The van der Waals surface area contributed by atoms with Gasteiger partial charge in [-0.1, -0.05) is 23.7 Å². The van der Waals surface area contributed by atoms with Crippen LogP contribution in [-0.4, -0.2) is 17.9 Å². The second kappa shape index (κ2) is 6.78. The van der Waals surface area contributed by atoms with Crippen LogP contribution in [0.15, 0.2) is 24.3 Å². The van der Waals surface area contributed by atoms with Gasteiger partial charge in [-0.3, -0.25) is 0 Å². The van der Waals surface area contributed by atoms with E-state index >= 15 is 0 Å². The molecule has 1 aromatic carbocycles. The number of hydrogen-bond acceptors (Lipinski definition) is 2. The summed E-state index contributed by atoms with van der Waals surface area (Å²) in [7, 11) is 0. The van der Waals surface area contributed by atoms with E-state index in [2.05, 4.69) is 0 Å². The van der Waals surface area contributed by atoms with Gasteiger partial charge < -0.3 is 0 Å². The van der Waals surface area contributed by atoms with Crippen LogP contribution in [0.4, 0.5) is 13.2 Å². The molecule has 0 fully saturated rings. The second-order valence-electron chi connectivity index (χ2n) is 5.56. The second-order valence-corrected chi connectivity index (χ2v) is 6.00. The average Bonchev–Trinajstić information content (AvgIpc) is 2.26. The molecule has 114 valence electrons. The highest BCUT2D eigenvalue weighted by Gasteiger charge is 2.33. The fourth-order valence-corrected chi connectivity index (χ4v) is 1.62. The maximum absolute atomic E-state index is 12.5. The van der Waals surface area contributed by atoms with E-state index in [-0.39, 0.29) is 6.42 Å². The summed E-state index contributed by atoms with van der Waals surface area (Å²) in [5.41, 5.74) is 0.0466. The molecular formula is C14H18ClF3O2. The largest absolute Gasteiger partial charge is 0.391 e. The first-order valence-corrected chi connectivity index (χ1v) is 6.59. The van der Waals surface area contributed by atoms with Crippen molar-refractivity contribution in [3.63, 3.8) is 0 Å². The Bertz CT molecular complexity index is 410. The smallest absolute Gasteiger partial charge is 0.232 e. The molecule has 0 aliphatic heterocycles. The molecule has 0 radical (unpaired) electrons. The van der Waals surface area contributed by atoms with Crippen LogP contribution >= 0.6 is 11.6 Å². The zero-order chi connectivity index (χ0) is 15.4. The van der Waals surface area contributed by atoms with Crippen molar-refractivity contribution in [3.8, 4) is 0 Å². The summed E-state index contributed by atoms with van der Waals surface area (Å²) in [6.07, 6.45) is -6.35. The lowest BCUT2D eigenvalue weighted by Crippen LogP contribution is -2.29. The van der Waals surface area contributed by atoms with Gasteiger partial charge in [-0.05, 0) is 38.5 Å². The molecule has 0 aliphatic rings. The van der Waals surface area contributed by atoms with Gasteiger partial charge in [0.1, 0.15) is 6.10 Å². The number of rotatable bonds is 5. The summed E-state index contributed by atoms with van der Waals surface area (Å²) < 4.78 is 37.6. The van der Waals surface area contributed by atoms with Gasteiger partial charge in [-0.25, -0.2) is 9.78 Å². The van der Waals surface area contributed by atoms with Crippen molar-refractivity contribution in [1.29, 1.82) is 0 Å². The Hall–Kier alpha value is -0.780. The molecule has 2 nitrogen and oxygen atoms in total. The van der Waals surface area contributed by atoms with Crippen LogP contribution in [0.1, 0.15) is 32.8 Å². The maximum Gasteiger partial charge on any atom is 0.391 e. The van der Waals surface area contributed by atoms with Crippen LogP contribution in [0.25, 0.3) is 0 Å². The zero-order valence-corrected chi connectivity index (χ0v) is 12.4. The molecule has 0 bridgehead atoms. The third-order valence-corrected chi connectivity index (χ3v) is 2.52. The van der Waals surface area contributed by atoms with Crippen molar-refractivity contribution in [1.82, 2.24) is 0 Å². The zero-order valence-electron chi connectivity index (χ0n) is 11.6. The molecule has 0 heterocycles. The highest BCUT2D eigenvalue weighted by atomic mass is 35.5. The quantitative estimate of drug-likeness (QED) is 0.566. The minimum atomic E-state index is -4.31. The first-order valence-electron chi connectivity index (χ1n) is 6.21. The van der Waals surface area contributed by atoms with Crippen LogP contribution in [0.3, 0.4) is 0 Å². The minimum absolute atomic E-state index is 0.104. The predicted octanol–water partition coefficient (Wildman–Crippen LogP) is 4.95.